The van der Waals surface area contributed by atoms with Crippen molar-refractivity contribution < 1.29 is 9.47 Å². The predicted molar refractivity (Wildman–Crippen MR) is 87.4 cm³/mol. The lowest BCUT2D eigenvalue weighted by molar-refractivity contribution is 0.354. The van der Waals surface area contributed by atoms with Crippen LogP contribution in [0.1, 0.15) is 17.2 Å². The van der Waals surface area contributed by atoms with Gasteiger partial charge in [0, 0.05) is 4.70 Å². The second kappa shape index (κ2) is 5.76. The van der Waals surface area contributed by atoms with E-state index in [1.807, 2.05) is 24.3 Å². The van der Waals surface area contributed by atoms with E-state index < -0.39 is 0 Å². The van der Waals surface area contributed by atoms with Crippen LogP contribution in [0.25, 0.3) is 10.1 Å². The Morgan fingerprint density at radius 2 is 1.81 bits per heavy atom. The van der Waals surface area contributed by atoms with Gasteiger partial charge in [0.15, 0.2) is 11.5 Å². The number of fused-ring (bicyclic) bond motifs is 1. The molecule has 3 nitrogen and oxygen atoms in total. The van der Waals surface area contributed by atoms with Crippen molar-refractivity contribution in [3.8, 4) is 11.5 Å². The molecule has 0 aliphatic heterocycles. The molecular formula is C17H17NO2S. The van der Waals surface area contributed by atoms with Crippen LogP contribution in [-0.2, 0) is 0 Å². The Balaban J connectivity index is 2.05. The summed E-state index contributed by atoms with van der Waals surface area (Å²) in [6, 6.07) is 14.0. The van der Waals surface area contributed by atoms with E-state index in [0.29, 0.717) is 11.5 Å². The number of hydrogen-bond donors (Lipinski definition) is 1. The molecule has 0 fully saturated rings. The molecule has 0 spiro atoms. The first-order valence-electron chi connectivity index (χ1n) is 6.68. The van der Waals surface area contributed by atoms with E-state index in [1.54, 1.807) is 25.6 Å². The van der Waals surface area contributed by atoms with Gasteiger partial charge in [0.1, 0.15) is 0 Å². The van der Waals surface area contributed by atoms with Crippen molar-refractivity contribution >= 4 is 21.4 Å². The lowest BCUT2D eigenvalue weighted by Crippen LogP contribution is -2.12. The van der Waals surface area contributed by atoms with E-state index in [2.05, 4.69) is 23.6 Å². The van der Waals surface area contributed by atoms with Crippen molar-refractivity contribution in [1.82, 2.24) is 0 Å². The van der Waals surface area contributed by atoms with E-state index in [-0.39, 0.29) is 6.04 Å². The van der Waals surface area contributed by atoms with Gasteiger partial charge in [-0.1, -0.05) is 24.3 Å². The SMILES string of the molecule is COc1ccc(C(N)c2cccc3ccsc23)cc1OC. The molecule has 0 amide bonds. The van der Waals surface area contributed by atoms with E-state index >= 15 is 0 Å². The highest BCUT2D eigenvalue weighted by Crippen LogP contribution is 2.34. The van der Waals surface area contributed by atoms with Gasteiger partial charge in [0.05, 0.1) is 20.3 Å². The number of rotatable bonds is 4. The van der Waals surface area contributed by atoms with Crippen molar-refractivity contribution in [2.24, 2.45) is 5.73 Å². The fourth-order valence-corrected chi connectivity index (χ4v) is 3.44. The van der Waals surface area contributed by atoms with Crippen molar-refractivity contribution in [3.63, 3.8) is 0 Å². The molecule has 0 radical (unpaired) electrons. The predicted octanol–water partition coefficient (Wildman–Crippen LogP) is 3.97. The highest BCUT2D eigenvalue weighted by Gasteiger charge is 2.15. The Kier molecular flexibility index (Phi) is 3.82. The Morgan fingerprint density at radius 3 is 2.57 bits per heavy atom. The Morgan fingerprint density at radius 1 is 1.00 bits per heavy atom. The zero-order valence-electron chi connectivity index (χ0n) is 12.0. The average Bonchev–Trinajstić information content (AvgIpc) is 3.02. The van der Waals surface area contributed by atoms with Crippen LogP contribution >= 0.6 is 11.3 Å². The van der Waals surface area contributed by atoms with E-state index in [9.17, 15) is 0 Å². The highest BCUT2D eigenvalue weighted by molar-refractivity contribution is 7.17. The van der Waals surface area contributed by atoms with E-state index in [0.717, 1.165) is 11.1 Å². The van der Waals surface area contributed by atoms with Crippen LogP contribution in [-0.4, -0.2) is 14.2 Å². The van der Waals surface area contributed by atoms with Gasteiger partial charge >= 0.3 is 0 Å². The monoisotopic (exact) mass is 299 g/mol. The van der Waals surface area contributed by atoms with Crippen molar-refractivity contribution in [2.45, 2.75) is 6.04 Å². The smallest absolute Gasteiger partial charge is 0.161 e. The van der Waals surface area contributed by atoms with E-state index in [4.69, 9.17) is 15.2 Å². The summed E-state index contributed by atoms with van der Waals surface area (Å²) in [5.41, 5.74) is 8.61. The third-order valence-electron chi connectivity index (χ3n) is 3.61. The van der Waals surface area contributed by atoms with Gasteiger partial charge in [-0.05, 0) is 40.1 Å². The van der Waals surface area contributed by atoms with Crippen LogP contribution in [0.4, 0.5) is 0 Å². The summed E-state index contributed by atoms with van der Waals surface area (Å²) in [6.45, 7) is 0. The highest BCUT2D eigenvalue weighted by atomic mass is 32.1. The average molecular weight is 299 g/mol. The number of thiophene rings is 1. The first-order valence-corrected chi connectivity index (χ1v) is 7.56. The van der Waals surface area contributed by atoms with Crippen molar-refractivity contribution in [1.29, 1.82) is 0 Å². The second-order valence-electron chi connectivity index (χ2n) is 4.78. The molecule has 3 rings (SSSR count). The Labute approximate surface area is 127 Å². The number of hydrogen-bond acceptors (Lipinski definition) is 4. The minimum absolute atomic E-state index is 0.188. The topological polar surface area (TPSA) is 44.5 Å². The second-order valence-corrected chi connectivity index (χ2v) is 5.69. The Bertz CT molecular complexity index is 766. The number of benzene rings is 2. The minimum Gasteiger partial charge on any atom is -0.493 e. The van der Waals surface area contributed by atoms with Crippen molar-refractivity contribution in [2.75, 3.05) is 14.2 Å². The van der Waals surface area contributed by atoms with Crippen LogP contribution in [0.3, 0.4) is 0 Å². The molecule has 1 aromatic heterocycles. The summed E-state index contributed by atoms with van der Waals surface area (Å²) < 4.78 is 11.9. The molecule has 21 heavy (non-hydrogen) atoms. The first-order chi connectivity index (χ1) is 10.2. The fourth-order valence-electron chi connectivity index (χ4n) is 2.49. The summed E-state index contributed by atoms with van der Waals surface area (Å²) in [6.07, 6.45) is 0. The van der Waals surface area contributed by atoms with Crippen LogP contribution in [0.5, 0.6) is 11.5 Å². The molecule has 0 aliphatic rings. The van der Waals surface area contributed by atoms with Crippen LogP contribution in [0.15, 0.2) is 47.8 Å². The molecule has 3 aromatic rings. The van der Waals surface area contributed by atoms with Gasteiger partial charge in [-0.15, -0.1) is 11.3 Å². The third kappa shape index (κ3) is 2.48. The van der Waals surface area contributed by atoms with Crippen LogP contribution < -0.4 is 15.2 Å². The van der Waals surface area contributed by atoms with E-state index in [1.165, 1.54) is 10.1 Å². The van der Waals surface area contributed by atoms with Gasteiger partial charge in [0.2, 0.25) is 0 Å². The third-order valence-corrected chi connectivity index (χ3v) is 4.59. The molecule has 4 heteroatoms. The molecule has 1 unspecified atom stereocenters. The van der Waals surface area contributed by atoms with Crippen molar-refractivity contribution in [3.05, 3.63) is 59.0 Å². The Hall–Kier alpha value is -2.04. The zero-order chi connectivity index (χ0) is 14.8. The lowest BCUT2D eigenvalue weighted by Gasteiger charge is -2.16. The molecule has 0 saturated heterocycles. The summed E-state index contributed by atoms with van der Waals surface area (Å²) >= 11 is 1.72. The molecular weight excluding hydrogens is 282 g/mol. The number of methoxy groups -OCH3 is 2. The first kappa shape index (κ1) is 13.9. The van der Waals surface area contributed by atoms with Gasteiger partial charge < -0.3 is 15.2 Å². The summed E-state index contributed by atoms with van der Waals surface area (Å²) in [5, 5.41) is 3.32. The minimum atomic E-state index is -0.188. The molecule has 0 aliphatic carbocycles. The maximum atomic E-state index is 6.47. The summed E-state index contributed by atoms with van der Waals surface area (Å²) in [7, 11) is 3.26. The molecule has 1 atom stereocenters. The molecule has 2 aromatic carbocycles. The molecule has 2 N–H and O–H groups in total. The van der Waals surface area contributed by atoms with Gasteiger partial charge in [0.25, 0.3) is 0 Å². The maximum Gasteiger partial charge on any atom is 0.161 e. The fraction of sp³-hybridized carbons (Fsp3) is 0.176. The molecule has 108 valence electrons. The number of nitrogens with two attached hydrogens (primary N) is 1. The zero-order valence-corrected chi connectivity index (χ0v) is 12.8. The largest absolute Gasteiger partial charge is 0.493 e. The normalized spacial score (nSPS) is 12.3. The molecule has 0 saturated carbocycles. The molecule has 0 bridgehead atoms. The summed E-state index contributed by atoms with van der Waals surface area (Å²) in [5.74, 6) is 1.41. The van der Waals surface area contributed by atoms with Crippen LogP contribution in [0, 0.1) is 0 Å². The summed E-state index contributed by atoms with van der Waals surface area (Å²) in [4.78, 5) is 0. The maximum absolute atomic E-state index is 6.47. The van der Waals surface area contributed by atoms with Crippen LogP contribution in [0.2, 0.25) is 0 Å². The van der Waals surface area contributed by atoms with Gasteiger partial charge in [-0.2, -0.15) is 0 Å². The lowest BCUT2D eigenvalue weighted by atomic mass is 9.98. The quantitative estimate of drug-likeness (QED) is 0.793. The van der Waals surface area contributed by atoms with Gasteiger partial charge in [-0.25, -0.2) is 0 Å². The molecule has 1 heterocycles. The van der Waals surface area contributed by atoms with Gasteiger partial charge in [-0.3, -0.25) is 0 Å². The number of ether oxygens (including phenoxy) is 2. The standard InChI is InChI=1S/C17H17NO2S/c1-19-14-7-6-12(10-15(14)20-2)16(18)13-5-3-4-11-8-9-21-17(11)13/h3-10,16H,18H2,1-2H3.